The van der Waals surface area contributed by atoms with Crippen molar-refractivity contribution < 1.29 is 13.2 Å². The Kier molecular flexibility index (Phi) is 2.87. The van der Waals surface area contributed by atoms with E-state index >= 15 is 0 Å². The molecule has 9 nitrogen and oxygen atoms in total. The highest BCUT2D eigenvalue weighted by molar-refractivity contribution is 7.89. The summed E-state index contributed by atoms with van der Waals surface area (Å²) in [6.07, 6.45) is 1.40. The van der Waals surface area contributed by atoms with E-state index in [1.807, 2.05) is 0 Å². The van der Waals surface area contributed by atoms with Gasteiger partial charge in [-0.05, 0) is 0 Å². The Morgan fingerprint density at radius 2 is 2.20 bits per heavy atom. The topological polar surface area (TPSA) is 114 Å². The number of anilines is 1. The van der Waals surface area contributed by atoms with Gasteiger partial charge in [-0.1, -0.05) is 0 Å². The van der Waals surface area contributed by atoms with Crippen LogP contribution in [0.2, 0.25) is 0 Å². The lowest BCUT2D eigenvalue weighted by atomic mass is 10.2. The summed E-state index contributed by atoms with van der Waals surface area (Å²) in [6, 6.07) is -0.253. The van der Waals surface area contributed by atoms with Crippen LogP contribution in [0.4, 0.5) is 10.6 Å². The molecule has 1 aromatic heterocycles. The molecule has 3 rings (SSSR count). The van der Waals surface area contributed by atoms with Crippen LogP contribution in [0, 0.1) is 0 Å². The molecule has 3 N–H and O–H groups in total. The van der Waals surface area contributed by atoms with E-state index in [2.05, 4.69) is 10.4 Å². The Bertz CT molecular complexity index is 654. The van der Waals surface area contributed by atoms with Crippen molar-refractivity contribution in [3.63, 3.8) is 0 Å². The van der Waals surface area contributed by atoms with E-state index in [1.165, 1.54) is 15.2 Å². The summed E-state index contributed by atoms with van der Waals surface area (Å²) in [6.45, 7) is 1.39. The maximum Gasteiger partial charge on any atom is 0.317 e. The van der Waals surface area contributed by atoms with Crippen LogP contribution in [0.5, 0.6) is 0 Å². The first kappa shape index (κ1) is 13.2. The first-order chi connectivity index (χ1) is 9.39. The maximum absolute atomic E-state index is 12.6. The standard InChI is InChI=1S/C10H16N6O3S/c1-14-6-8(9(11)13-14)20(18,19)15-2-3-16-7(5-15)4-12-10(16)17/h6-7H,2-5H2,1H3,(H2,11,13)(H,12,17). The number of piperazine rings is 1. The third kappa shape index (κ3) is 1.91. The van der Waals surface area contributed by atoms with E-state index in [-0.39, 0.29) is 35.9 Å². The minimum Gasteiger partial charge on any atom is -0.381 e. The Balaban J connectivity index is 1.86. The summed E-state index contributed by atoms with van der Waals surface area (Å²) in [4.78, 5) is 13.2. The van der Waals surface area contributed by atoms with Gasteiger partial charge in [0.1, 0.15) is 4.90 Å². The monoisotopic (exact) mass is 300 g/mol. The van der Waals surface area contributed by atoms with Crippen molar-refractivity contribution in [1.82, 2.24) is 24.3 Å². The fraction of sp³-hybridized carbons (Fsp3) is 0.600. The average Bonchev–Trinajstić information content (AvgIpc) is 2.93. The summed E-state index contributed by atoms with van der Waals surface area (Å²) in [7, 11) is -2.05. The third-order valence-electron chi connectivity index (χ3n) is 3.64. The average molecular weight is 300 g/mol. The molecule has 0 radical (unpaired) electrons. The first-order valence-electron chi connectivity index (χ1n) is 6.23. The molecule has 2 saturated heterocycles. The largest absolute Gasteiger partial charge is 0.381 e. The van der Waals surface area contributed by atoms with Gasteiger partial charge in [0.25, 0.3) is 0 Å². The van der Waals surface area contributed by atoms with Crippen molar-refractivity contribution in [3.8, 4) is 0 Å². The third-order valence-corrected chi connectivity index (χ3v) is 5.52. The highest BCUT2D eigenvalue weighted by atomic mass is 32.2. The van der Waals surface area contributed by atoms with Gasteiger partial charge in [0.15, 0.2) is 5.82 Å². The molecule has 2 aliphatic rings. The van der Waals surface area contributed by atoms with Crippen molar-refractivity contribution in [3.05, 3.63) is 6.20 Å². The maximum atomic E-state index is 12.6. The summed E-state index contributed by atoms with van der Waals surface area (Å²) < 4.78 is 27.9. The number of nitrogens with two attached hydrogens (primary N) is 1. The van der Waals surface area contributed by atoms with Gasteiger partial charge in [-0.2, -0.15) is 9.40 Å². The molecule has 2 amide bonds. The zero-order valence-corrected chi connectivity index (χ0v) is 11.8. The molecule has 0 saturated carbocycles. The van der Waals surface area contributed by atoms with Gasteiger partial charge < -0.3 is 16.0 Å². The van der Waals surface area contributed by atoms with E-state index in [0.29, 0.717) is 13.1 Å². The van der Waals surface area contributed by atoms with Crippen LogP contribution in [0.1, 0.15) is 0 Å². The van der Waals surface area contributed by atoms with E-state index in [4.69, 9.17) is 5.73 Å². The summed E-state index contributed by atoms with van der Waals surface area (Å²) in [5, 5.41) is 6.58. The van der Waals surface area contributed by atoms with Gasteiger partial charge in [-0.15, -0.1) is 0 Å². The highest BCUT2D eigenvalue weighted by Crippen LogP contribution is 2.24. The lowest BCUT2D eigenvalue weighted by molar-refractivity contribution is 0.164. The van der Waals surface area contributed by atoms with Gasteiger partial charge in [-0.3, -0.25) is 4.68 Å². The summed E-state index contributed by atoms with van der Waals surface area (Å²) in [5.41, 5.74) is 5.65. The zero-order valence-electron chi connectivity index (χ0n) is 11.0. The molecule has 110 valence electrons. The molecule has 3 heterocycles. The fourth-order valence-electron chi connectivity index (χ4n) is 2.62. The normalized spacial score (nSPS) is 23.8. The molecule has 1 atom stereocenters. The van der Waals surface area contributed by atoms with Crippen LogP contribution in [-0.4, -0.2) is 65.7 Å². The molecule has 2 aliphatic heterocycles. The molecule has 1 aromatic rings. The lowest BCUT2D eigenvalue weighted by Crippen LogP contribution is -2.53. The molecule has 0 bridgehead atoms. The van der Waals surface area contributed by atoms with E-state index in [1.54, 1.807) is 11.9 Å². The number of carbonyl (C=O) groups excluding carboxylic acids is 1. The number of aromatic nitrogens is 2. The van der Waals surface area contributed by atoms with Gasteiger partial charge in [0, 0.05) is 39.4 Å². The van der Waals surface area contributed by atoms with E-state index in [9.17, 15) is 13.2 Å². The predicted molar refractivity (Wildman–Crippen MR) is 70.3 cm³/mol. The molecule has 10 heteroatoms. The summed E-state index contributed by atoms with van der Waals surface area (Å²) in [5.74, 6) is -0.00412. The Morgan fingerprint density at radius 1 is 1.45 bits per heavy atom. The minimum absolute atomic E-state index is 0.00412. The van der Waals surface area contributed by atoms with E-state index < -0.39 is 10.0 Å². The number of urea groups is 1. The zero-order chi connectivity index (χ0) is 14.5. The van der Waals surface area contributed by atoms with Crippen LogP contribution in [0.15, 0.2) is 11.1 Å². The molecule has 1 unspecified atom stereocenters. The number of nitrogens with one attached hydrogen (secondary N) is 1. The van der Waals surface area contributed by atoms with Crippen LogP contribution in [-0.2, 0) is 17.1 Å². The molecular weight excluding hydrogens is 284 g/mol. The van der Waals surface area contributed by atoms with Crippen molar-refractivity contribution in [2.24, 2.45) is 7.05 Å². The Hall–Kier alpha value is -1.81. The number of rotatable bonds is 2. The fourth-order valence-corrected chi connectivity index (χ4v) is 4.17. The second-order valence-corrected chi connectivity index (χ2v) is 6.85. The number of amides is 2. The summed E-state index contributed by atoms with van der Waals surface area (Å²) >= 11 is 0. The van der Waals surface area contributed by atoms with Gasteiger partial charge >= 0.3 is 6.03 Å². The van der Waals surface area contributed by atoms with Crippen LogP contribution >= 0.6 is 0 Å². The molecule has 0 aromatic carbocycles. The van der Waals surface area contributed by atoms with Crippen LogP contribution in [0.3, 0.4) is 0 Å². The van der Waals surface area contributed by atoms with E-state index in [0.717, 1.165) is 0 Å². The number of sulfonamides is 1. The van der Waals surface area contributed by atoms with Crippen molar-refractivity contribution in [1.29, 1.82) is 0 Å². The number of carbonyl (C=O) groups is 1. The van der Waals surface area contributed by atoms with Crippen LogP contribution < -0.4 is 11.1 Å². The second-order valence-electron chi connectivity index (χ2n) is 4.95. The Labute approximate surface area is 116 Å². The molecule has 2 fully saturated rings. The number of hydrogen-bond donors (Lipinski definition) is 2. The van der Waals surface area contributed by atoms with Crippen LogP contribution in [0.25, 0.3) is 0 Å². The highest BCUT2D eigenvalue weighted by Gasteiger charge is 2.40. The minimum atomic E-state index is -3.67. The molecule has 0 aliphatic carbocycles. The first-order valence-corrected chi connectivity index (χ1v) is 7.67. The Morgan fingerprint density at radius 3 is 2.85 bits per heavy atom. The molecular formula is C10H16N6O3S. The number of fused-ring (bicyclic) bond motifs is 1. The SMILES string of the molecule is Cn1cc(S(=O)(=O)N2CCN3C(=O)NCC3C2)c(N)n1. The quantitative estimate of drug-likeness (QED) is 0.683. The van der Waals surface area contributed by atoms with Gasteiger partial charge in [-0.25, -0.2) is 13.2 Å². The number of hydrogen-bond acceptors (Lipinski definition) is 5. The van der Waals surface area contributed by atoms with Gasteiger partial charge in [0.05, 0.1) is 6.04 Å². The van der Waals surface area contributed by atoms with Crippen molar-refractivity contribution in [2.45, 2.75) is 10.9 Å². The second kappa shape index (κ2) is 4.35. The van der Waals surface area contributed by atoms with Crippen molar-refractivity contribution >= 4 is 21.9 Å². The number of nitrogens with zero attached hydrogens (tertiary/aromatic N) is 4. The smallest absolute Gasteiger partial charge is 0.317 e. The van der Waals surface area contributed by atoms with Gasteiger partial charge in [0.2, 0.25) is 10.0 Å². The van der Waals surface area contributed by atoms with Crippen molar-refractivity contribution in [2.75, 3.05) is 31.9 Å². The number of aryl methyl sites for hydroxylation is 1. The molecule has 20 heavy (non-hydrogen) atoms. The molecule has 0 spiro atoms. The lowest BCUT2D eigenvalue weighted by Gasteiger charge is -2.35. The number of nitrogen functional groups attached to an aromatic ring is 1. The predicted octanol–water partition coefficient (Wildman–Crippen LogP) is -1.60.